The molecule has 0 aliphatic heterocycles. The maximum atomic E-state index is 13.0. The molecule has 100 valence electrons. The molecule has 0 unspecified atom stereocenters. The maximum absolute atomic E-state index is 13.0. The van der Waals surface area contributed by atoms with Gasteiger partial charge in [-0.15, -0.1) is 0 Å². The third kappa shape index (κ3) is 2.81. The molecule has 0 bridgehead atoms. The Morgan fingerprint density at radius 2 is 2.05 bits per heavy atom. The largest absolute Gasteiger partial charge is 0.328 e. The van der Waals surface area contributed by atoms with Crippen molar-refractivity contribution in [3.8, 4) is 0 Å². The second-order valence-electron chi connectivity index (χ2n) is 4.64. The summed E-state index contributed by atoms with van der Waals surface area (Å²) in [5.74, 6) is -0.749. The van der Waals surface area contributed by atoms with Crippen LogP contribution < -0.4 is 5.69 Å². The number of Topliss-reactive ketones (excluding diaryl/α,β-unsaturated/α-hetero) is 1. The number of nitrogens with zero attached hydrogens (tertiary/aromatic N) is 2. The van der Waals surface area contributed by atoms with Crippen molar-refractivity contribution in [3.63, 3.8) is 0 Å². The van der Waals surface area contributed by atoms with E-state index in [9.17, 15) is 14.0 Å². The predicted molar refractivity (Wildman–Crippen MR) is 69.8 cm³/mol. The highest BCUT2D eigenvalue weighted by Gasteiger charge is 2.11. The summed E-state index contributed by atoms with van der Waals surface area (Å²) in [4.78, 5) is 23.9. The Balaban J connectivity index is 2.22. The van der Waals surface area contributed by atoms with Crippen molar-refractivity contribution in [1.29, 1.82) is 0 Å². The smallest absolute Gasteiger partial charge is 0.297 e. The molecule has 0 N–H and O–H groups in total. The van der Waals surface area contributed by atoms with Gasteiger partial charge < -0.3 is 0 Å². The summed E-state index contributed by atoms with van der Waals surface area (Å²) < 4.78 is 15.9. The molecular weight excluding hydrogens is 247 g/mol. The van der Waals surface area contributed by atoms with Crippen LogP contribution in [0.3, 0.4) is 0 Å². The molecule has 19 heavy (non-hydrogen) atoms. The van der Waals surface area contributed by atoms with Crippen LogP contribution in [-0.2, 0) is 6.54 Å². The zero-order chi connectivity index (χ0) is 14.0. The van der Waals surface area contributed by atoms with Crippen molar-refractivity contribution in [2.45, 2.75) is 26.4 Å². The van der Waals surface area contributed by atoms with Crippen LogP contribution in [0.25, 0.3) is 0 Å². The number of imidazole rings is 1. The number of carbonyl (C=O) groups is 1. The first kappa shape index (κ1) is 13.3. The van der Waals surface area contributed by atoms with Crippen molar-refractivity contribution >= 4 is 5.78 Å². The van der Waals surface area contributed by atoms with E-state index < -0.39 is 5.82 Å². The quantitative estimate of drug-likeness (QED) is 0.793. The van der Waals surface area contributed by atoms with Gasteiger partial charge in [0.15, 0.2) is 5.78 Å². The van der Waals surface area contributed by atoms with Gasteiger partial charge in [0.1, 0.15) is 5.82 Å². The summed E-state index contributed by atoms with van der Waals surface area (Å²) >= 11 is 0. The van der Waals surface area contributed by atoms with Gasteiger partial charge in [0.05, 0.1) is 6.54 Å². The molecule has 0 aliphatic carbocycles. The molecule has 0 saturated carbocycles. The third-order valence-corrected chi connectivity index (χ3v) is 2.89. The predicted octanol–water partition coefficient (Wildman–Crippen LogP) is 2.25. The van der Waals surface area contributed by atoms with Gasteiger partial charge in [0, 0.05) is 24.0 Å². The minimum absolute atomic E-state index is 0.0398. The van der Waals surface area contributed by atoms with Crippen LogP contribution in [-0.4, -0.2) is 14.9 Å². The molecule has 0 atom stereocenters. The minimum Gasteiger partial charge on any atom is -0.297 e. The summed E-state index contributed by atoms with van der Waals surface area (Å²) in [7, 11) is 0. The summed E-state index contributed by atoms with van der Waals surface area (Å²) in [6.45, 7) is 3.70. The van der Waals surface area contributed by atoms with Gasteiger partial charge in [0.2, 0.25) is 0 Å². The number of halogens is 1. The second kappa shape index (κ2) is 5.22. The zero-order valence-electron chi connectivity index (χ0n) is 10.8. The van der Waals surface area contributed by atoms with Crippen molar-refractivity contribution in [2.24, 2.45) is 0 Å². The number of benzene rings is 1. The van der Waals surface area contributed by atoms with Gasteiger partial charge in [0.25, 0.3) is 0 Å². The molecule has 2 aromatic rings. The first-order chi connectivity index (χ1) is 8.99. The zero-order valence-corrected chi connectivity index (χ0v) is 10.8. The number of ketones is 1. The van der Waals surface area contributed by atoms with Crippen LogP contribution in [0.4, 0.5) is 4.39 Å². The monoisotopic (exact) mass is 262 g/mol. The molecule has 0 saturated heterocycles. The molecule has 0 spiro atoms. The molecule has 1 heterocycles. The first-order valence-electron chi connectivity index (χ1n) is 6.05. The standard InChI is InChI=1S/C14H15FN2O2/c1-10(2)17-7-6-16(14(17)19)9-13(18)11-4-3-5-12(15)8-11/h3-8,10H,9H2,1-2H3. The topological polar surface area (TPSA) is 44.0 Å². The Labute approximate surface area is 110 Å². The molecule has 4 nitrogen and oxygen atoms in total. The Morgan fingerprint density at radius 3 is 2.63 bits per heavy atom. The molecule has 0 fully saturated rings. The van der Waals surface area contributed by atoms with Crippen LogP contribution in [0, 0.1) is 5.82 Å². The van der Waals surface area contributed by atoms with Gasteiger partial charge in [-0.05, 0) is 26.0 Å². The summed E-state index contributed by atoms with van der Waals surface area (Å²) in [6, 6.07) is 5.50. The molecule has 0 radical (unpaired) electrons. The molecular formula is C14H15FN2O2. The first-order valence-corrected chi connectivity index (χ1v) is 6.05. The van der Waals surface area contributed by atoms with E-state index in [1.807, 2.05) is 13.8 Å². The summed E-state index contributed by atoms with van der Waals surface area (Å²) in [6.07, 6.45) is 3.21. The van der Waals surface area contributed by atoms with E-state index in [-0.39, 0.29) is 29.6 Å². The number of hydrogen-bond donors (Lipinski definition) is 0. The maximum Gasteiger partial charge on any atom is 0.328 e. The molecule has 0 aliphatic rings. The van der Waals surface area contributed by atoms with Crippen molar-refractivity contribution in [3.05, 3.63) is 58.5 Å². The molecule has 5 heteroatoms. The van der Waals surface area contributed by atoms with Crippen molar-refractivity contribution in [1.82, 2.24) is 9.13 Å². The van der Waals surface area contributed by atoms with Gasteiger partial charge in [-0.1, -0.05) is 12.1 Å². The lowest BCUT2D eigenvalue weighted by Crippen LogP contribution is -2.27. The Morgan fingerprint density at radius 1 is 1.32 bits per heavy atom. The average molecular weight is 262 g/mol. The molecule has 0 amide bonds. The highest BCUT2D eigenvalue weighted by atomic mass is 19.1. The number of aromatic nitrogens is 2. The fraction of sp³-hybridized carbons (Fsp3) is 0.286. The summed E-state index contributed by atoms with van der Waals surface area (Å²) in [5.41, 5.74) is 0.0314. The van der Waals surface area contributed by atoms with Gasteiger partial charge in [-0.25, -0.2) is 9.18 Å². The molecule has 1 aromatic heterocycles. The minimum atomic E-state index is -0.460. The van der Waals surface area contributed by atoms with E-state index in [1.165, 1.54) is 28.8 Å². The summed E-state index contributed by atoms with van der Waals surface area (Å²) in [5, 5.41) is 0. The van der Waals surface area contributed by atoms with Crippen LogP contribution in [0.15, 0.2) is 41.5 Å². The highest BCUT2D eigenvalue weighted by molar-refractivity contribution is 5.95. The lowest BCUT2D eigenvalue weighted by Gasteiger charge is -2.05. The third-order valence-electron chi connectivity index (χ3n) is 2.89. The van der Waals surface area contributed by atoms with Crippen LogP contribution in [0.1, 0.15) is 30.2 Å². The van der Waals surface area contributed by atoms with Crippen LogP contribution >= 0.6 is 0 Å². The molecule has 2 rings (SSSR count). The fourth-order valence-corrected chi connectivity index (χ4v) is 1.85. The lowest BCUT2D eigenvalue weighted by molar-refractivity contribution is 0.0970. The number of carbonyl (C=O) groups excluding carboxylic acids is 1. The highest BCUT2D eigenvalue weighted by Crippen LogP contribution is 2.06. The van der Waals surface area contributed by atoms with Crippen molar-refractivity contribution in [2.75, 3.05) is 0 Å². The Bertz CT molecular complexity index is 655. The van der Waals surface area contributed by atoms with E-state index in [0.717, 1.165) is 0 Å². The molecule has 1 aromatic carbocycles. The van der Waals surface area contributed by atoms with E-state index in [0.29, 0.717) is 0 Å². The van der Waals surface area contributed by atoms with Crippen LogP contribution in [0.5, 0.6) is 0 Å². The normalized spacial score (nSPS) is 10.9. The van der Waals surface area contributed by atoms with E-state index >= 15 is 0 Å². The Hall–Kier alpha value is -2.17. The van der Waals surface area contributed by atoms with Crippen molar-refractivity contribution < 1.29 is 9.18 Å². The lowest BCUT2D eigenvalue weighted by atomic mass is 10.1. The fourth-order valence-electron chi connectivity index (χ4n) is 1.85. The second-order valence-corrected chi connectivity index (χ2v) is 4.64. The van der Waals surface area contributed by atoms with E-state index in [4.69, 9.17) is 0 Å². The van der Waals surface area contributed by atoms with Gasteiger partial charge >= 0.3 is 5.69 Å². The average Bonchev–Trinajstić information content (AvgIpc) is 2.71. The van der Waals surface area contributed by atoms with E-state index in [2.05, 4.69) is 0 Å². The van der Waals surface area contributed by atoms with Crippen LogP contribution in [0.2, 0.25) is 0 Å². The van der Waals surface area contributed by atoms with Gasteiger partial charge in [-0.3, -0.25) is 13.9 Å². The number of hydrogen-bond acceptors (Lipinski definition) is 2. The van der Waals surface area contributed by atoms with Gasteiger partial charge in [-0.2, -0.15) is 0 Å². The Kier molecular flexibility index (Phi) is 3.64. The SMILES string of the molecule is CC(C)n1ccn(CC(=O)c2cccc(F)c2)c1=O. The number of rotatable bonds is 4. The van der Waals surface area contributed by atoms with E-state index in [1.54, 1.807) is 17.0 Å².